The summed E-state index contributed by atoms with van der Waals surface area (Å²) in [5.74, 6) is -1.23. The number of hydrogen-bond acceptors (Lipinski definition) is 3. The first-order chi connectivity index (χ1) is 19.9. The highest BCUT2D eigenvalue weighted by molar-refractivity contribution is 5.99. The number of hydrogen-bond donors (Lipinski definition) is 3. The minimum Gasteiger partial charge on any atom is -0.361 e. The third-order valence-electron chi connectivity index (χ3n) is 7.29. The normalized spacial score (nSPS) is 12.0. The van der Waals surface area contributed by atoms with Crippen LogP contribution in [0.15, 0.2) is 102 Å². The molecule has 204 valence electrons. The average Bonchev–Trinajstić information content (AvgIpc) is 3.39. The molecule has 2 aromatic heterocycles. The number of benzene rings is 4. The first-order valence-electron chi connectivity index (χ1n) is 13.3. The van der Waals surface area contributed by atoms with Crippen molar-refractivity contribution in [3.05, 3.63) is 124 Å². The zero-order valence-corrected chi connectivity index (χ0v) is 22.3. The molecule has 6 aromatic rings. The van der Waals surface area contributed by atoms with Gasteiger partial charge in [0.1, 0.15) is 18.4 Å². The van der Waals surface area contributed by atoms with Gasteiger partial charge in [0, 0.05) is 40.0 Å². The van der Waals surface area contributed by atoms with Gasteiger partial charge in [-0.25, -0.2) is 4.39 Å². The molecule has 3 N–H and O–H groups in total. The van der Waals surface area contributed by atoms with E-state index >= 15 is 0 Å². The van der Waals surface area contributed by atoms with Gasteiger partial charge in [-0.2, -0.15) is 0 Å². The van der Waals surface area contributed by atoms with Crippen molar-refractivity contribution < 1.29 is 14.0 Å². The van der Waals surface area contributed by atoms with Gasteiger partial charge in [0.2, 0.25) is 11.8 Å². The number of nitrogens with one attached hydrogen (secondary N) is 3. The highest BCUT2D eigenvalue weighted by Gasteiger charge is 2.24. The molecule has 0 spiro atoms. The van der Waals surface area contributed by atoms with E-state index in [1.54, 1.807) is 12.1 Å². The van der Waals surface area contributed by atoms with Crippen LogP contribution in [0.2, 0.25) is 0 Å². The van der Waals surface area contributed by atoms with Crippen LogP contribution in [0.3, 0.4) is 0 Å². The van der Waals surface area contributed by atoms with Crippen molar-refractivity contribution in [2.75, 3.05) is 5.32 Å². The fourth-order valence-electron chi connectivity index (χ4n) is 5.29. The average molecular weight is 547 g/mol. The van der Waals surface area contributed by atoms with Crippen LogP contribution in [0.25, 0.3) is 32.7 Å². The monoisotopic (exact) mass is 546 g/mol. The van der Waals surface area contributed by atoms with Gasteiger partial charge in [0.15, 0.2) is 5.43 Å². The molecule has 0 fully saturated rings. The number of aryl methyl sites for hydroxylation is 1. The van der Waals surface area contributed by atoms with E-state index in [9.17, 15) is 18.8 Å². The maximum atomic E-state index is 13.6. The standard InChI is InChI=1S/C33H27FN4O3/c1-20-10-15-30-26(16-20)32(40)25-7-3-5-9-29(25)38(30)19-31(39)37-28(33(41)36-23-13-11-22(34)12-14-23)17-21-18-35-27-8-4-2-6-24(21)27/h2-16,18,28,35H,17,19H2,1H3,(H,36,41)(H,37,39)/t28-/m0/s1. The van der Waals surface area contributed by atoms with Gasteiger partial charge < -0.3 is 20.2 Å². The Hall–Kier alpha value is -5.24. The van der Waals surface area contributed by atoms with Crippen LogP contribution in [-0.2, 0) is 22.6 Å². The molecule has 0 aliphatic carbocycles. The van der Waals surface area contributed by atoms with Gasteiger partial charge >= 0.3 is 0 Å². The molecule has 2 heterocycles. The number of carbonyl (C=O) groups excluding carboxylic acids is 2. The Morgan fingerprint density at radius 1 is 0.878 bits per heavy atom. The second-order valence-corrected chi connectivity index (χ2v) is 10.1. The molecular formula is C33H27FN4O3. The molecule has 0 saturated heterocycles. The summed E-state index contributed by atoms with van der Waals surface area (Å²) in [5, 5.41) is 7.71. The molecule has 0 aliphatic rings. The molecule has 8 heteroatoms. The summed E-state index contributed by atoms with van der Waals surface area (Å²) in [4.78, 5) is 43.5. The SMILES string of the molecule is Cc1ccc2c(c1)c(=O)c1ccccc1n2CC(=O)N[C@@H](Cc1c[nH]c2ccccc12)C(=O)Nc1ccc(F)cc1. The Bertz CT molecular complexity index is 1990. The summed E-state index contributed by atoms with van der Waals surface area (Å²) in [6.45, 7) is 1.81. The summed E-state index contributed by atoms with van der Waals surface area (Å²) in [7, 11) is 0. The third-order valence-corrected chi connectivity index (χ3v) is 7.29. The van der Waals surface area contributed by atoms with Gasteiger partial charge in [-0.1, -0.05) is 42.0 Å². The summed E-state index contributed by atoms with van der Waals surface area (Å²) in [5.41, 5.74) is 4.33. The lowest BCUT2D eigenvalue weighted by atomic mass is 10.0. The Labute approximate surface area is 234 Å². The Morgan fingerprint density at radius 2 is 1.59 bits per heavy atom. The molecular weight excluding hydrogens is 519 g/mol. The minimum absolute atomic E-state index is 0.0909. The molecule has 1 atom stereocenters. The lowest BCUT2D eigenvalue weighted by Crippen LogP contribution is -2.46. The van der Waals surface area contributed by atoms with Gasteiger partial charge in [0.05, 0.1) is 11.0 Å². The maximum Gasteiger partial charge on any atom is 0.247 e. The van der Waals surface area contributed by atoms with Crippen molar-refractivity contribution in [3.8, 4) is 0 Å². The number of aromatic amines is 1. The van der Waals surface area contributed by atoms with E-state index in [0.29, 0.717) is 27.5 Å². The molecule has 2 amide bonds. The number of anilines is 1. The van der Waals surface area contributed by atoms with E-state index in [2.05, 4.69) is 15.6 Å². The maximum absolute atomic E-state index is 13.6. The Kier molecular flexibility index (Phi) is 6.81. The smallest absolute Gasteiger partial charge is 0.247 e. The number of pyridine rings is 1. The molecule has 7 nitrogen and oxygen atoms in total. The van der Waals surface area contributed by atoms with Crippen LogP contribution in [0.1, 0.15) is 11.1 Å². The quantitative estimate of drug-likeness (QED) is 0.232. The Balaban J connectivity index is 1.34. The van der Waals surface area contributed by atoms with Crippen molar-refractivity contribution in [2.45, 2.75) is 25.9 Å². The number of para-hydroxylation sites is 2. The van der Waals surface area contributed by atoms with Gasteiger partial charge in [-0.15, -0.1) is 0 Å². The lowest BCUT2D eigenvalue weighted by Gasteiger charge is -2.20. The van der Waals surface area contributed by atoms with Crippen LogP contribution in [0, 0.1) is 12.7 Å². The molecule has 6 rings (SSSR count). The number of H-pyrrole nitrogens is 1. The minimum atomic E-state index is -0.925. The molecule has 0 saturated carbocycles. The number of carbonyl (C=O) groups is 2. The molecule has 4 aromatic carbocycles. The van der Waals surface area contributed by atoms with Gasteiger partial charge in [-0.05, 0) is 67.1 Å². The highest BCUT2D eigenvalue weighted by Crippen LogP contribution is 2.22. The van der Waals surface area contributed by atoms with Gasteiger partial charge in [0.25, 0.3) is 0 Å². The number of nitrogens with zero attached hydrogens (tertiary/aromatic N) is 1. The zero-order valence-electron chi connectivity index (χ0n) is 22.3. The van der Waals surface area contributed by atoms with Crippen LogP contribution in [-0.4, -0.2) is 27.4 Å². The van der Waals surface area contributed by atoms with Gasteiger partial charge in [-0.3, -0.25) is 14.4 Å². The summed E-state index contributed by atoms with van der Waals surface area (Å²) in [6.07, 6.45) is 2.06. The van der Waals surface area contributed by atoms with E-state index in [1.165, 1.54) is 24.3 Å². The van der Waals surface area contributed by atoms with E-state index < -0.39 is 17.8 Å². The summed E-state index contributed by atoms with van der Waals surface area (Å²) in [6, 6.07) is 25.0. The van der Waals surface area contributed by atoms with Crippen molar-refractivity contribution in [2.24, 2.45) is 0 Å². The molecule has 0 bridgehead atoms. The van der Waals surface area contributed by atoms with Crippen LogP contribution < -0.4 is 16.1 Å². The summed E-state index contributed by atoms with van der Waals surface area (Å²) < 4.78 is 15.2. The summed E-state index contributed by atoms with van der Waals surface area (Å²) >= 11 is 0. The number of rotatable bonds is 7. The van der Waals surface area contributed by atoms with E-state index in [1.807, 2.05) is 72.3 Å². The predicted octanol–water partition coefficient (Wildman–Crippen LogP) is 5.45. The number of aromatic nitrogens is 2. The largest absolute Gasteiger partial charge is 0.361 e. The molecule has 0 radical (unpaired) electrons. The molecule has 0 aliphatic heterocycles. The lowest BCUT2D eigenvalue weighted by molar-refractivity contribution is -0.126. The topological polar surface area (TPSA) is 96.0 Å². The van der Waals surface area contributed by atoms with Crippen molar-refractivity contribution >= 4 is 50.2 Å². The fraction of sp³-hybridized carbons (Fsp3) is 0.121. The zero-order chi connectivity index (χ0) is 28.5. The predicted molar refractivity (Wildman–Crippen MR) is 159 cm³/mol. The Morgan fingerprint density at radius 3 is 2.39 bits per heavy atom. The van der Waals surface area contributed by atoms with E-state index in [-0.39, 0.29) is 24.3 Å². The molecule has 41 heavy (non-hydrogen) atoms. The van der Waals surface area contributed by atoms with E-state index in [4.69, 9.17) is 0 Å². The number of amides is 2. The highest BCUT2D eigenvalue weighted by atomic mass is 19.1. The first-order valence-corrected chi connectivity index (χ1v) is 13.3. The second kappa shape index (κ2) is 10.7. The van der Waals surface area contributed by atoms with Crippen molar-refractivity contribution in [1.29, 1.82) is 0 Å². The second-order valence-electron chi connectivity index (χ2n) is 10.1. The van der Waals surface area contributed by atoms with Crippen molar-refractivity contribution in [1.82, 2.24) is 14.9 Å². The third kappa shape index (κ3) is 5.19. The van der Waals surface area contributed by atoms with Crippen LogP contribution in [0.5, 0.6) is 0 Å². The fourth-order valence-corrected chi connectivity index (χ4v) is 5.29. The van der Waals surface area contributed by atoms with Crippen LogP contribution in [0.4, 0.5) is 10.1 Å². The van der Waals surface area contributed by atoms with E-state index in [0.717, 1.165) is 22.0 Å². The number of halogens is 1. The van der Waals surface area contributed by atoms with Crippen LogP contribution >= 0.6 is 0 Å². The van der Waals surface area contributed by atoms with Crippen molar-refractivity contribution in [3.63, 3.8) is 0 Å². The first kappa shape index (κ1) is 26.0. The number of fused-ring (bicyclic) bond motifs is 3. The molecule has 0 unspecified atom stereocenters.